The van der Waals surface area contributed by atoms with Crippen molar-refractivity contribution in [1.29, 1.82) is 0 Å². The van der Waals surface area contributed by atoms with Crippen LogP contribution in [0.2, 0.25) is 0 Å². The molecule has 0 radical (unpaired) electrons. The van der Waals surface area contributed by atoms with Gasteiger partial charge in [-0.05, 0) is 43.0 Å². The molecule has 3 rings (SSSR count). The molecular weight excluding hydrogens is 314 g/mol. The lowest BCUT2D eigenvalue weighted by molar-refractivity contribution is 0.525. The minimum Gasteiger partial charge on any atom is -0.325 e. The first-order chi connectivity index (χ1) is 9.78. The van der Waals surface area contributed by atoms with E-state index in [0.29, 0.717) is 6.04 Å². The highest BCUT2D eigenvalue weighted by atomic mass is 79.9. The summed E-state index contributed by atoms with van der Waals surface area (Å²) in [6.45, 7) is 2.18. The average Bonchev–Trinajstić information content (AvgIpc) is 3.11. The van der Waals surface area contributed by atoms with Crippen molar-refractivity contribution in [2.75, 3.05) is 5.32 Å². The lowest BCUT2D eigenvalue weighted by Gasteiger charge is -2.17. The summed E-state index contributed by atoms with van der Waals surface area (Å²) in [6.07, 6.45) is 10.2. The van der Waals surface area contributed by atoms with Gasteiger partial charge in [0.2, 0.25) is 5.95 Å². The van der Waals surface area contributed by atoms with Crippen molar-refractivity contribution in [3.63, 3.8) is 0 Å². The number of anilines is 2. The van der Waals surface area contributed by atoms with Crippen LogP contribution in [0.15, 0.2) is 35.1 Å². The Balaban J connectivity index is 1.86. The number of aromatic nitrogens is 2. The van der Waals surface area contributed by atoms with E-state index < -0.39 is 0 Å². The van der Waals surface area contributed by atoms with Gasteiger partial charge in [-0.15, -0.1) is 0 Å². The van der Waals surface area contributed by atoms with E-state index >= 15 is 0 Å². The number of halogens is 1. The highest BCUT2D eigenvalue weighted by Crippen LogP contribution is 2.33. The quantitative estimate of drug-likeness (QED) is 0.846. The molecule has 0 atom stereocenters. The molecule has 0 saturated heterocycles. The first-order valence-electron chi connectivity index (χ1n) is 7.36. The summed E-state index contributed by atoms with van der Waals surface area (Å²) < 4.78 is 3.42. The maximum atomic E-state index is 4.49. The molecular formula is C16H20BrN3. The van der Waals surface area contributed by atoms with Gasteiger partial charge >= 0.3 is 0 Å². The third kappa shape index (κ3) is 2.75. The predicted molar refractivity (Wildman–Crippen MR) is 86.5 cm³/mol. The van der Waals surface area contributed by atoms with Gasteiger partial charge in [-0.3, -0.25) is 0 Å². The van der Waals surface area contributed by atoms with Gasteiger partial charge in [-0.1, -0.05) is 35.7 Å². The SMILES string of the molecule is CCc1cc(Br)ccc1Nc1nccn1C1CCCC1. The molecule has 1 heterocycles. The molecule has 0 bridgehead atoms. The Morgan fingerprint density at radius 3 is 2.90 bits per heavy atom. The first kappa shape index (κ1) is 13.7. The number of rotatable bonds is 4. The van der Waals surface area contributed by atoms with Crippen molar-refractivity contribution >= 4 is 27.6 Å². The van der Waals surface area contributed by atoms with Gasteiger partial charge in [-0.2, -0.15) is 0 Å². The molecule has 20 heavy (non-hydrogen) atoms. The van der Waals surface area contributed by atoms with Crippen LogP contribution in [0.1, 0.15) is 44.2 Å². The zero-order valence-corrected chi connectivity index (χ0v) is 13.4. The smallest absolute Gasteiger partial charge is 0.207 e. The van der Waals surface area contributed by atoms with Crippen molar-refractivity contribution < 1.29 is 0 Å². The van der Waals surface area contributed by atoms with Gasteiger partial charge in [0.1, 0.15) is 0 Å². The van der Waals surface area contributed by atoms with Crippen LogP contribution in [0, 0.1) is 0 Å². The molecule has 0 aliphatic heterocycles. The second kappa shape index (κ2) is 6.00. The van der Waals surface area contributed by atoms with Crippen LogP contribution >= 0.6 is 15.9 Å². The second-order valence-corrected chi connectivity index (χ2v) is 6.29. The number of aryl methyl sites for hydroxylation is 1. The first-order valence-corrected chi connectivity index (χ1v) is 8.15. The molecule has 1 aromatic heterocycles. The van der Waals surface area contributed by atoms with Gasteiger partial charge in [0.05, 0.1) is 0 Å². The van der Waals surface area contributed by atoms with Gasteiger partial charge < -0.3 is 9.88 Å². The lowest BCUT2D eigenvalue weighted by atomic mass is 10.1. The predicted octanol–water partition coefficient (Wildman–Crippen LogP) is 5.07. The molecule has 1 N–H and O–H groups in total. The molecule has 4 heteroatoms. The number of benzene rings is 1. The van der Waals surface area contributed by atoms with Gasteiger partial charge in [0.15, 0.2) is 0 Å². The molecule has 2 aromatic rings. The summed E-state index contributed by atoms with van der Waals surface area (Å²) in [6, 6.07) is 6.98. The van der Waals surface area contributed by atoms with Crippen LogP contribution in [0.3, 0.4) is 0 Å². The van der Waals surface area contributed by atoms with E-state index in [1.54, 1.807) is 0 Å². The fourth-order valence-electron chi connectivity index (χ4n) is 2.98. The highest BCUT2D eigenvalue weighted by molar-refractivity contribution is 9.10. The Morgan fingerprint density at radius 1 is 1.35 bits per heavy atom. The van der Waals surface area contributed by atoms with Crippen LogP contribution in [-0.4, -0.2) is 9.55 Å². The molecule has 1 aliphatic rings. The summed E-state index contributed by atoms with van der Waals surface area (Å²) >= 11 is 3.53. The summed E-state index contributed by atoms with van der Waals surface area (Å²) in [4.78, 5) is 4.49. The van der Waals surface area contributed by atoms with Gasteiger partial charge in [0.25, 0.3) is 0 Å². The zero-order chi connectivity index (χ0) is 13.9. The Morgan fingerprint density at radius 2 is 2.15 bits per heavy atom. The summed E-state index contributed by atoms with van der Waals surface area (Å²) in [5.74, 6) is 0.967. The topological polar surface area (TPSA) is 29.9 Å². The van der Waals surface area contributed by atoms with E-state index in [2.05, 4.69) is 62.1 Å². The zero-order valence-electron chi connectivity index (χ0n) is 11.8. The number of nitrogens with zero attached hydrogens (tertiary/aromatic N) is 2. The van der Waals surface area contributed by atoms with E-state index in [0.717, 1.165) is 22.5 Å². The lowest BCUT2D eigenvalue weighted by Crippen LogP contribution is -2.08. The molecule has 1 aromatic carbocycles. The van der Waals surface area contributed by atoms with Crippen molar-refractivity contribution in [3.05, 3.63) is 40.6 Å². The summed E-state index contributed by atoms with van der Waals surface area (Å²) in [5, 5.41) is 3.51. The third-order valence-corrected chi connectivity index (χ3v) is 4.57. The average molecular weight is 334 g/mol. The maximum Gasteiger partial charge on any atom is 0.207 e. The normalized spacial score (nSPS) is 15.7. The molecule has 1 aliphatic carbocycles. The van der Waals surface area contributed by atoms with E-state index in [-0.39, 0.29) is 0 Å². The fraction of sp³-hybridized carbons (Fsp3) is 0.438. The number of hydrogen-bond donors (Lipinski definition) is 1. The number of nitrogens with one attached hydrogen (secondary N) is 1. The van der Waals surface area contributed by atoms with Crippen LogP contribution in [0.25, 0.3) is 0 Å². The Bertz CT molecular complexity index is 585. The molecule has 0 unspecified atom stereocenters. The summed E-state index contributed by atoms with van der Waals surface area (Å²) in [5.41, 5.74) is 2.46. The number of imidazole rings is 1. The van der Waals surface area contributed by atoms with Crippen molar-refractivity contribution in [1.82, 2.24) is 9.55 Å². The van der Waals surface area contributed by atoms with Crippen LogP contribution in [0.5, 0.6) is 0 Å². The molecule has 1 fully saturated rings. The maximum absolute atomic E-state index is 4.49. The fourth-order valence-corrected chi connectivity index (χ4v) is 3.39. The van der Waals surface area contributed by atoms with E-state index in [1.165, 1.54) is 31.2 Å². The Hall–Kier alpha value is -1.29. The van der Waals surface area contributed by atoms with Gasteiger partial charge in [0, 0.05) is 28.6 Å². The van der Waals surface area contributed by atoms with Crippen LogP contribution in [-0.2, 0) is 6.42 Å². The Labute approximate surface area is 128 Å². The van der Waals surface area contributed by atoms with Crippen molar-refractivity contribution in [3.8, 4) is 0 Å². The number of hydrogen-bond acceptors (Lipinski definition) is 2. The Kier molecular flexibility index (Phi) is 4.10. The summed E-state index contributed by atoms with van der Waals surface area (Å²) in [7, 11) is 0. The van der Waals surface area contributed by atoms with Crippen molar-refractivity contribution in [2.24, 2.45) is 0 Å². The minimum atomic E-state index is 0.612. The van der Waals surface area contributed by atoms with Crippen molar-refractivity contribution in [2.45, 2.75) is 45.1 Å². The van der Waals surface area contributed by atoms with E-state index in [4.69, 9.17) is 0 Å². The largest absolute Gasteiger partial charge is 0.325 e. The standard InChI is InChI=1S/C16H20BrN3/c1-2-12-11-13(17)7-8-15(12)19-16-18-9-10-20(16)14-5-3-4-6-14/h7-11,14H,2-6H2,1H3,(H,18,19). The second-order valence-electron chi connectivity index (χ2n) is 5.38. The molecule has 0 spiro atoms. The molecule has 1 saturated carbocycles. The molecule has 106 valence electrons. The third-order valence-electron chi connectivity index (χ3n) is 4.08. The van der Waals surface area contributed by atoms with E-state index in [9.17, 15) is 0 Å². The van der Waals surface area contributed by atoms with Gasteiger partial charge in [-0.25, -0.2) is 4.98 Å². The molecule has 3 nitrogen and oxygen atoms in total. The van der Waals surface area contributed by atoms with Crippen LogP contribution < -0.4 is 5.32 Å². The monoisotopic (exact) mass is 333 g/mol. The van der Waals surface area contributed by atoms with E-state index in [1.807, 2.05) is 6.20 Å². The minimum absolute atomic E-state index is 0.612. The van der Waals surface area contributed by atoms with Crippen LogP contribution in [0.4, 0.5) is 11.6 Å². The molecule has 0 amide bonds. The highest BCUT2D eigenvalue weighted by Gasteiger charge is 2.19.